The van der Waals surface area contributed by atoms with Gasteiger partial charge in [0.15, 0.2) is 0 Å². The summed E-state index contributed by atoms with van der Waals surface area (Å²) in [6, 6.07) is 2.50. The molecule has 2 aromatic heterocycles. The predicted molar refractivity (Wildman–Crippen MR) is 82.8 cm³/mol. The minimum absolute atomic E-state index is 0.0514. The van der Waals surface area contributed by atoms with E-state index in [4.69, 9.17) is 0 Å². The molecule has 8 heteroatoms. The summed E-state index contributed by atoms with van der Waals surface area (Å²) in [6.45, 7) is 1.78. The van der Waals surface area contributed by atoms with Crippen molar-refractivity contribution >= 4 is 17.0 Å². The van der Waals surface area contributed by atoms with E-state index >= 15 is 0 Å². The highest BCUT2D eigenvalue weighted by molar-refractivity contribution is 7.07. The van der Waals surface area contributed by atoms with Gasteiger partial charge < -0.3 is 5.11 Å². The van der Waals surface area contributed by atoms with Crippen LogP contribution in [0.25, 0.3) is 0 Å². The fraction of sp³-hybridized carbons (Fsp3) is 0.500. The number of likely N-dealkylation sites (tertiary alicyclic amines) is 1. The average molecular weight is 322 g/mol. The fourth-order valence-corrected chi connectivity index (χ4v) is 3.68. The smallest absolute Gasteiger partial charge is 0.306 e. The molecule has 1 N–H and O–H groups in total. The van der Waals surface area contributed by atoms with Crippen LogP contribution < -0.4 is 0 Å². The third kappa shape index (κ3) is 3.34. The Morgan fingerprint density at radius 2 is 2.41 bits per heavy atom. The van der Waals surface area contributed by atoms with Crippen molar-refractivity contribution < 1.29 is 10.0 Å². The van der Waals surface area contributed by atoms with Crippen molar-refractivity contribution in [2.75, 3.05) is 13.1 Å². The third-order valence-corrected chi connectivity index (χ3v) is 4.67. The number of hydrogen-bond acceptors (Lipinski definition) is 6. The summed E-state index contributed by atoms with van der Waals surface area (Å²) in [6.07, 6.45) is 4.19. The van der Waals surface area contributed by atoms with E-state index in [0.29, 0.717) is 12.6 Å². The molecule has 1 aliphatic heterocycles. The van der Waals surface area contributed by atoms with Crippen LogP contribution in [0.1, 0.15) is 24.4 Å². The molecule has 1 saturated heterocycles. The first-order chi connectivity index (χ1) is 10.6. The number of aliphatic hydroxyl groups is 1. The summed E-state index contributed by atoms with van der Waals surface area (Å²) < 4.78 is 1.43. The molecular formula is C14H18N4O3S. The van der Waals surface area contributed by atoms with Gasteiger partial charge in [-0.15, -0.1) is 0 Å². The van der Waals surface area contributed by atoms with Crippen LogP contribution in [0.3, 0.4) is 0 Å². The van der Waals surface area contributed by atoms with Crippen molar-refractivity contribution in [2.24, 2.45) is 0 Å². The Bertz CT molecular complexity index is 628. The molecule has 0 spiro atoms. The number of aliphatic hydroxyl groups excluding tert-OH is 1. The van der Waals surface area contributed by atoms with Gasteiger partial charge in [-0.1, -0.05) is 0 Å². The Morgan fingerprint density at radius 3 is 3.09 bits per heavy atom. The third-order valence-electron chi connectivity index (χ3n) is 3.97. The van der Waals surface area contributed by atoms with Crippen LogP contribution in [0.4, 0.5) is 5.69 Å². The number of nitrogens with zero attached hydrogens (tertiary/aromatic N) is 4. The fourth-order valence-electron chi connectivity index (χ4n) is 2.98. The van der Waals surface area contributed by atoms with E-state index in [-0.39, 0.29) is 12.2 Å². The Balaban J connectivity index is 1.58. The van der Waals surface area contributed by atoms with Gasteiger partial charge in [-0.25, -0.2) is 0 Å². The lowest BCUT2D eigenvalue weighted by Crippen LogP contribution is -2.34. The Labute approximate surface area is 131 Å². The van der Waals surface area contributed by atoms with Crippen LogP contribution in [-0.2, 0) is 6.54 Å². The predicted octanol–water partition coefficient (Wildman–Crippen LogP) is 2.05. The van der Waals surface area contributed by atoms with E-state index in [1.165, 1.54) is 22.6 Å². The molecular weight excluding hydrogens is 304 g/mol. The maximum Gasteiger partial charge on any atom is 0.306 e. The van der Waals surface area contributed by atoms with Crippen LogP contribution >= 0.6 is 11.3 Å². The van der Waals surface area contributed by atoms with Crippen LogP contribution in [0.2, 0.25) is 0 Å². The summed E-state index contributed by atoms with van der Waals surface area (Å²) >= 11 is 1.69. The maximum absolute atomic E-state index is 10.6. The zero-order valence-corrected chi connectivity index (χ0v) is 12.9. The number of hydrogen-bond donors (Lipinski definition) is 1. The second kappa shape index (κ2) is 6.55. The Morgan fingerprint density at radius 1 is 1.55 bits per heavy atom. The van der Waals surface area contributed by atoms with Crippen LogP contribution in [-0.4, -0.2) is 43.9 Å². The lowest BCUT2D eigenvalue weighted by Gasteiger charge is -2.26. The minimum atomic E-state index is -0.598. The van der Waals surface area contributed by atoms with Gasteiger partial charge in [-0.05, 0) is 41.8 Å². The molecule has 0 aliphatic carbocycles. The average Bonchev–Trinajstić information content (AvgIpc) is 3.18. The highest BCUT2D eigenvalue weighted by Crippen LogP contribution is 2.33. The number of thiophene rings is 1. The van der Waals surface area contributed by atoms with E-state index in [0.717, 1.165) is 19.4 Å². The van der Waals surface area contributed by atoms with Gasteiger partial charge in [0.2, 0.25) is 0 Å². The molecule has 0 bridgehead atoms. The molecule has 2 atom stereocenters. The van der Waals surface area contributed by atoms with E-state index in [1.54, 1.807) is 11.3 Å². The van der Waals surface area contributed by atoms with E-state index in [2.05, 4.69) is 26.8 Å². The molecule has 3 heterocycles. The first-order valence-electron chi connectivity index (χ1n) is 7.24. The summed E-state index contributed by atoms with van der Waals surface area (Å²) in [7, 11) is 0. The molecule has 0 saturated carbocycles. The molecule has 1 fully saturated rings. The first-order valence-corrected chi connectivity index (χ1v) is 8.19. The molecule has 2 unspecified atom stereocenters. The molecule has 22 heavy (non-hydrogen) atoms. The molecule has 2 aromatic rings. The van der Waals surface area contributed by atoms with Crippen molar-refractivity contribution in [3.63, 3.8) is 0 Å². The van der Waals surface area contributed by atoms with Gasteiger partial charge in [0.25, 0.3) is 0 Å². The van der Waals surface area contributed by atoms with Gasteiger partial charge >= 0.3 is 5.69 Å². The lowest BCUT2D eigenvalue weighted by molar-refractivity contribution is -0.385. The Kier molecular flexibility index (Phi) is 4.51. The van der Waals surface area contributed by atoms with Crippen LogP contribution in [0.5, 0.6) is 0 Å². The number of aromatic nitrogens is 2. The van der Waals surface area contributed by atoms with Gasteiger partial charge in [0, 0.05) is 12.6 Å². The van der Waals surface area contributed by atoms with Crippen molar-refractivity contribution in [3.8, 4) is 0 Å². The minimum Gasteiger partial charge on any atom is -0.390 e. The molecule has 7 nitrogen and oxygen atoms in total. The second-order valence-corrected chi connectivity index (χ2v) is 6.32. The van der Waals surface area contributed by atoms with Crippen LogP contribution in [0.15, 0.2) is 29.2 Å². The lowest BCUT2D eigenvalue weighted by atomic mass is 10.1. The van der Waals surface area contributed by atoms with Crippen molar-refractivity contribution in [1.29, 1.82) is 0 Å². The van der Waals surface area contributed by atoms with Crippen LogP contribution in [0, 0.1) is 10.1 Å². The van der Waals surface area contributed by atoms with E-state index in [1.807, 2.05) is 0 Å². The zero-order chi connectivity index (χ0) is 15.5. The van der Waals surface area contributed by atoms with Gasteiger partial charge in [-0.3, -0.25) is 19.7 Å². The van der Waals surface area contributed by atoms with E-state index < -0.39 is 11.0 Å². The maximum atomic E-state index is 10.6. The molecule has 118 valence electrons. The topological polar surface area (TPSA) is 84.4 Å². The van der Waals surface area contributed by atoms with E-state index in [9.17, 15) is 15.2 Å². The van der Waals surface area contributed by atoms with Crippen molar-refractivity contribution in [1.82, 2.24) is 14.7 Å². The van der Waals surface area contributed by atoms with Gasteiger partial charge in [0.05, 0.1) is 17.6 Å². The summed E-state index contributed by atoms with van der Waals surface area (Å²) in [5, 5.41) is 29.0. The normalized spacial score (nSPS) is 20.3. The van der Waals surface area contributed by atoms with Gasteiger partial charge in [0.1, 0.15) is 12.4 Å². The Hall–Kier alpha value is -1.77. The van der Waals surface area contributed by atoms with Crippen molar-refractivity contribution in [2.45, 2.75) is 31.5 Å². The highest BCUT2D eigenvalue weighted by atomic mass is 32.1. The number of nitro groups is 1. The molecule has 0 radical (unpaired) electrons. The summed E-state index contributed by atoms with van der Waals surface area (Å²) in [4.78, 5) is 12.4. The second-order valence-electron chi connectivity index (χ2n) is 5.54. The quantitative estimate of drug-likeness (QED) is 0.650. The monoisotopic (exact) mass is 322 g/mol. The van der Waals surface area contributed by atoms with Crippen molar-refractivity contribution in [3.05, 3.63) is 44.9 Å². The zero-order valence-electron chi connectivity index (χ0n) is 12.0. The first kappa shape index (κ1) is 15.1. The summed E-state index contributed by atoms with van der Waals surface area (Å²) in [5.74, 6) is 0. The number of rotatable bonds is 6. The standard InChI is InChI=1S/C14H18N4O3S/c19-13(9-17-7-12(6-15-17)18(20)21)8-16-4-1-2-14(16)11-3-5-22-10-11/h3,5-7,10,13-14,19H,1-2,4,8-9H2. The van der Waals surface area contributed by atoms with Gasteiger partial charge in [-0.2, -0.15) is 16.4 Å². The molecule has 0 aromatic carbocycles. The number of β-amino-alcohol motifs (C(OH)–C–C–N with tert-alkyl or cyclic N) is 1. The largest absolute Gasteiger partial charge is 0.390 e. The SMILES string of the molecule is O=[N+]([O-])c1cnn(CC(O)CN2CCCC2c2ccsc2)c1. The molecule has 0 amide bonds. The summed E-state index contributed by atoms with van der Waals surface area (Å²) in [5.41, 5.74) is 1.26. The molecule has 1 aliphatic rings. The molecule has 3 rings (SSSR count). The highest BCUT2D eigenvalue weighted by Gasteiger charge is 2.28.